The Bertz CT molecular complexity index is 818. The van der Waals surface area contributed by atoms with Gasteiger partial charge in [0.25, 0.3) is 0 Å². The summed E-state index contributed by atoms with van der Waals surface area (Å²) in [6, 6.07) is 14.3. The molecule has 5 nitrogen and oxygen atoms in total. The van der Waals surface area contributed by atoms with Crippen LogP contribution in [0, 0.1) is 6.92 Å². The number of anilines is 1. The first-order chi connectivity index (χ1) is 11.8. The summed E-state index contributed by atoms with van der Waals surface area (Å²) in [5, 5.41) is 3.42. The van der Waals surface area contributed by atoms with Crippen molar-refractivity contribution in [1.29, 1.82) is 0 Å². The molecule has 2 aromatic rings. The lowest BCUT2D eigenvalue weighted by molar-refractivity contribution is -0.121. The molecule has 0 aliphatic rings. The fraction of sp³-hybridized carbons (Fsp3) is 0.278. The molecule has 0 aliphatic heterocycles. The molecule has 0 saturated carbocycles. The van der Waals surface area contributed by atoms with E-state index >= 15 is 0 Å². The van der Waals surface area contributed by atoms with Gasteiger partial charge in [-0.3, -0.25) is 9.10 Å². The highest BCUT2D eigenvalue weighted by atomic mass is 35.5. The number of aryl methyl sites for hydroxylation is 1. The molecule has 0 bridgehead atoms. The highest BCUT2D eigenvalue weighted by Crippen LogP contribution is 2.18. The molecule has 0 unspecified atom stereocenters. The highest BCUT2D eigenvalue weighted by Gasteiger charge is 2.18. The van der Waals surface area contributed by atoms with Gasteiger partial charge >= 0.3 is 0 Å². The third kappa shape index (κ3) is 6.07. The molecule has 2 aromatic carbocycles. The van der Waals surface area contributed by atoms with E-state index in [9.17, 15) is 13.2 Å². The van der Waals surface area contributed by atoms with Gasteiger partial charge in [-0.25, -0.2) is 8.42 Å². The van der Waals surface area contributed by atoms with Gasteiger partial charge in [-0.2, -0.15) is 0 Å². The first kappa shape index (κ1) is 19.3. The fourth-order valence-corrected chi connectivity index (χ4v) is 3.35. The Morgan fingerprint density at radius 3 is 2.24 bits per heavy atom. The van der Waals surface area contributed by atoms with Gasteiger partial charge in [-0.05, 0) is 36.8 Å². The van der Waals surface area contributed by atoms with Crippen molar-refractivity contribution >= 4 is 33.2 Å². The molecular weight excluding hydrogens is 360 g/mol. The van der Waals surface area contributed by atoms with Crippen molar-refractivity contribution in [2.45, 2.75) is 19.9 Å². The molecule has 0 radical (unpaired) electrons. The molecule has 0 spiro atoms. The van der Waals surface area contributed by atoms with Crippen molar-refractivity contribution in [2.75, 3.05) is 17.1 Å². The highest BCUT2D eigenvalue weighted by molar-refractivity contribution is 7.92. The van der Waals surface area contributed by atoms with Crippen LogP contribution in [0.25, 0.3) is 0 Å². The zero-order valence-corrected chi connectivity index (χ0v) is 15.8. The van der Waals surface area contributed by atoms with Crippen LogP contribution < -0.4 is 9.62 Å². The number of hydrogen-bond donors (Lipinski definition) is 1. The minimum Gasteiger partial charge on any atom is -0.352 e. The van der Waals surface area contributed by atoms with E-state index in [-0.39, 0.29) is 18.9 Å². The zero-order chi connectivity index (χ0) is 18.4. The van der Waals surface area contributed by atoms with Crippen molar-refractivity contribution in [3.63, 3.8) is 0 Å². The Kier molecular flexibility index (Phi) is 6.45. The van der Waals surface area contributed by atoms with Gasteiger partial charge in [0.15, 0.2) is 0 Å². The van der Waals surface area contributed by atoms with E-state index in [4.69, 9.17) is 11.6 Å². The number of hydrogen-bond acceptors (Lipinski definition) is 3. The number of sulfonamides is 1. The maximum Gasteiger partial charge on any atom is 0.232 e. The molecule has 0 heterocycles. The number of amides is 1. The van der Waals surface area contributed by atoms with Gasteiger partial charge < -0.3 is 5.32 Å². The maximum absolute atomic E-state index is 12.0. The summed E-state index contributed by atoms with van der Waals surface area (Å²) in [5.41, 5.74) is 2.52. The summed E-state index contributed by atoms with van der Waals surface area (Å²) in [4.78, 5) is 12.0. The Balaban J connectivity index is 1.94. The molecular formula is C18H21ClN2O3S. The van der Waals surface area contributed by atoms with E-state index in [1.807, 2.05) is 31.2 Å². The number of halogens is 1. The fourth-order valence-electron chi connectivity index (χ4n) is 2.29. The lowest BCUT2D eigenvalue weighted by Gasteiger charge is -2.22. The summed E-state index contributed by atoms with van der Waals surface area (Å²) in [7, 11) is -3.46. The molecule has 2 rings (SSSR count). The molecule has 0 atom stereocenters. The largest absolute Gasteiger partial charge is 0.352 e. The van der Waals surface area contributed by atoms with Crippen LogP contribution in [0.4, 0.5) is 5.69 Å². The molecule has 1 N–H and O–H groups in total. The van der Waals surface area contributed by atoms with Gasteiger partial charge in [0.1, 0.15) is 0 Å². The van der Waals surface area contributed by atoms with E-state index in [2.05, 4.69) is 5.32 Å². The van der Waals surface area contributed by atoms with Crippen LogP contribution in [0.3, 0.4) is 0 Å². The van der Waals surface area contributed by atoms with Crippen molar-refractivity contribution in [2.24, 2.45) is 0 Å². The van der Waals surface area contributed by atoms with E-state index in [1.165, 1.54) is 4.31 Å². The number of rotatable bonds is 7. The Labute approximate surface area is 153 Å². The third-order valence-electron chi connectivity index (χ3n) is 3.67. The van der Waals surface area contributed by atoms with Gasteiger partial charge in [-0.15, -0.1) is 0 Å². The van der Waals surface area contributed by atoms with Crippen LogP contribution >= 0.6 is 11.6 Å². The normalized spacial score (nSPS) is 11.2. The lowest BCUT2D eigenvalue weighted by Crippen LogP contribution is -2.34. The van der Waals surface area contributed by atoms with Crippen LogP contribution in [-0.2, 0) is 21.4 Å². The topological polar surface area (TPSA) is 66.5 Å². The molecule has 0 aromatic heterocycles. The second kappa shape index (κ2) is 8.36. The predicted octanol–water partition coefficient (Wildman–Crippen LogP) is 3.12. The predicted molar refractivity (Wildman–Crippen MR) is 101 cm³/mol. The lowest BCUT2D eigenvalue weighted by atomic mass is 10.2. The first-order valence-corrected chi connectivity index (χ1v) is 10.0. The molecule has 134 valence electrons. The average Bonchev–Trinajstić information content (AvgIpc) is 2.55. The van der Waals surface area contributed by atoms with Crippen LogP contribution in [-0.4, -0.2) is 27.1 Å². The van der Waals surface area contributed by atoms with Crippen LogP contribution in [0.1, 0.15) is 17.5 Å². The molecule has 0 saturated heterocycles. The Hall–Kier alpha value is -2.05. The van der Waals surface area contributed by atoms with Crippen LogP contribution in [0.2, 0.25) is 5.02 Å². The second-order valence-corrected chi connectivity index (χ2v) is 8.17. The van der Waals surface area contributed by atoms with Crippen LogP contribution in [0.15, 0.2) is 48.5 Å². The van der Waals surface area contributed by atoms with Crippen molar-refractivity contribution < 1.29 is 13.2 Å². The molecule has 7 heteroatoms. The minimum absolute atomic E-state index is 0.0779. The summed E-state index contributed by atoms with van der Waals surface area (Å²) in [6.07, 6.45) is 1.22. The van der Waals surface area contributed by atoms with Crippen molar-refractivity contribution in [3.8, 4) is 0 Å². The molecule has 1 amide bonds. The number of nitrogens with one attached hydrogen (secondary N) is 1. The summed E-state index contributed by atoms with van der Waals surface area (Å²) in [6.45, 7) is 2.40. The summed E-state index contributed by atoms with van der Waals surface area (Å²) < 4.78 is 25.3. The quantitative estimate of drug-likeness (QED) is 0.802. The zero-order valence-electron chi connectivity index (χ0n) is 14.2. The number of benzene rings is 2. The van der Waals surface area contributed by atoms with Gasteiger partial charge in [-0.1, -0.05) is 41.4 Å². The van der Waals surface area contributed by atoms with E-state index in [0.717, 1.165) is 17.4 Å². The number of nitrogens with zero attached hydrogens (tertiary/aromatic N) is 1. The van der Waals surface area contributed by atoms with Crippen molar-refractivity contribution in [3.05, 3.63) is 64.7 Å². The van der Waals surface area contributed by atoms with Gasteiger partial charge in [0.2, 0.25) is 15.9 Å². The second-order valence-electron chi connectivity index (χ2n) is 5.82. The number of carbonyl (C=O) groups excluding carboxylic acids is 1. The number of carbonyl (C=O) groups is 1. The van der Waals surface area contributed by atoms with E-state index in [1.54, 1.807) is 24.3 Å². The third-order valence-corrected chi connectivity index (χ3v) is 5.11. The molecule has 0 aliphatic carbocycles. The average molecular weight is 381 g/mol. The van der Waals surface area contributed by atoms with E-state index < -0.39 is 10.0 Å². The van der Waals surface area contributed by atoms with Gasteiger partial charge in [0.05, 0.1) is 11.9 Å². The SMILES string of the molecule is Cc1ccc(N(CCC(=O)NCc2ccc(Cl)cc2)S(C)(=O)=O)cc1. The summed E-state index contributed by atoms with van der Waals surface area (Å²) in [5.74, 6) is -0.212. The Morgan fingerprint density at radius 2 is 1.68 bits per heavy atom. The van der Waals surface area contributed by atoms with Gasteiger partial charge in [0, 0.05) is 24.5 Å². The minimum atomic E-state index is -3.46. The molecule has 0 fully saturated rings. The smallest absolute Gasteiger partial charge is 0.232 e. The Morgan fingerprint density at radius 1 is 1.08 bits per heavy atom. The first-order valence-electron chi connectivity index (χ1n) is 7.81. The summed E-state index contributed by atoms with van der Waals surface area (Å²) >= 11 is 5.82. The monoisotopic (exact) mass is 380 g/mol. The van der Waals surface area contributed by atoms with Crippen LogP contribution in [0.5, 0.6) is 0 Å². The maximum atomic E-state index is 12.0. The van der Waals surface area contributed by atoms with Crippen molar-refractivity contribution in [1.82, 2.24) is 5.32 Å². The van der Waals surface area contributed by atoms with E-state index in [0.29, 0.717) is 17.3 Å². The standard InChI is InChI=1S/C18H21ClN2O3S/c1-14-3-9-17(10-4-14)21(25(2,23)24)12-11-18(22)20-13-15-5-7-16(19)8-6-15/h3-10H,11-13H2,1-2H3,(H,20,22). The molecule has 25 heavy (non-hydrogen) atoms.